The van der Waals surface area contributed by atoms with Crippen LogP contribution in [0.1, 0.15) is 5.56 Å². The molecule has 1 aromatic carbocycles. The standard InChI is InChI=1S/C20H29N3O7S2/c1-29-12-8-7-11-23(32(3,27)28)19(13-21-31(2,25)26)18-14-22(15-18)20(24)30-16-17-9-5-4-6-10-17/h4-6,9-10,18-19,21H,11-16H2,1-3H3. The van der Waals surface area contributed by atoms with E-state index in [1.54, 1.807) is 0 Å². The van der Waals surface area contributed by atoms with E-state index in [4.69, 9.17) is 9.47 Å². The van der Waals surface area contributed by atoms with E-state index >= 15 is 0 Å². The first kappa shape index (κ1) is 26.1. The topological polar surface area (TPSA) is 122 Å². The van der Waals surface area contributed by atoms with Crippen LogP contribution in [0.2, 0.25) is 0 Å². The second-order valence-corrected chi connectivity index (χ2v) is 11.3. The summed E-state index contributed by atoms with van der Waals surface area (Å²) in [6.07, 6.45) is 1.54. The molecule has 1 aromatic rings. The van der Waals surface area contributed by atoms with Gasteiger partial charge in [-0.15, -0.1) is 0 Å². The first-order chi connectivity index (χ1) is 15.0. The molecule has 0 radical (unpaired) electrons. The van der Waals surface area contributed by atoms with Crippen molar-refractivity contribution in [2.75, 3.05) is 52.4 Å². The largest absolute Gasteiger partial charge is 0.445 e. The zero-order valence-corrected chi connectivity index (χ0v) is 20.0. The molecule has 10 nitrogen and oxygen atoms in total. The molecule has 1 N–H and O–H groups in total. The summed E-state index contributed by atoms with van der Waals surface area (Å²) < 4.78 is 61.8. The molecule has 0 spiro atoms. The molecule has 1 atom stereocenters. The van der Waals surface area contributed by atoms with Gasteiger partial charge < -0.3 is 14.4 Å². The van der Waals surface area contributed by atoms with E-state index in [0.717, 1.165) is 22.4 Å². The van der Waals surface area contributed by atoms with Gasteiger partial charge in [0.1, 0.15) is 13.2 Å². The zero-order valence-electron chi connectivity index (χ0n) is 18.4. The molecule has 12 heteroatoms. The molecule has 2 rings (SSSR count). The quantitative estimate of drug-likeness (QED) is 0.464. The number of hydrogen-bond donors (Lipinski definition) is 1. The highest BCUT2D eigenvalue weighted by atomic mass is 32.2. The lowest BCUT2D eigenvalue weighted by molar-refractivity contribution is 0.0287. The number of rotatable bonds is 10. The maximum absolute atomic E-state index is 12.4. The van der Waals surface area contributed by atoms with Gasteiger partial charge in [0.25, 0.3) is 0 Å². The second kappa shape index (κ2) is 11.6. The molecule has 1 unspecified atom stereocenters. The predicted octanol–water partition coefficient (Wildman–Crippen LogP) is 0.0842. The predicted molar refractivity (Wildman–Crippen MR) is 120 cm³/mol. The molecule has 1 saturated heterocycles. The molecular formula is C20H29N3O7S2. The van der Waals surface area contributed by atoms with Crippen molar-refractivity contribution in [2.45, 2.75) is 12.6 Å². The highest BCUT2D eigenvalue weighted by Crippen LogP contribution is 2.25. The maximum Gasteiger partial charge on any atom is 0.410 e. The number of nitrogens with one attached hydrogen (secondary N) is 1. The van der Waals surface area contributed by atoms with E-state index in [0.29, 0.717) is 0 Å². The van der Waals surface area contributed by atoms with Gasteiger partial charge in [-0.3, -0.25) is 0 Å². The van der Waals surface area contributed by atoms with Crippen LogP contribution in [0.15, 0.2) is 30.3 Å². The average molecular weight is 488 g/mol. The van der Waals surface area contributed by atoms with Crippen LogP contribution in [0.4, 0.5) is 4.79 Å². The Morgan fingerprint density at radius 2 is 1.84 bits per heavy atom. The molecular weight excluding hydrogens is 458 g/mol. The van der Waals surface area contributed by atoms with Crippen molar-refractivity contribution >= 4 is 26.1 Å². The van der Waals surface area contributed by atoms with Crippen molar-refractivity contribution in [3.63, 3.8) is 0 Å². The fourth-order valence-corrected chi connectivity index (χ4v) is 4.70. The van der Waals surface area contributed by atoms with Crippen molar-refractivity contribution in [1.29, 1.82) is 0 Å². The summed E-state index contributed by atoms with van der Waals surface area (Å²) in [4.78, 5) is 13.8. The Morgan fingerprint density at radius 3 is 2.41 bits per heavy atom. The monoisotopic (exact) mass is 487 g/mol. The third-order valence-electron chi connectivity index (χ3n) is 4.84. The first-order valence-corrected chi connectivity index (χ1v) is 13.6. The summed E-state index contributed by atoms with van der Waals surface area (Å²) in [5.74, 6) is 5.15. The van der Waals surface area contributed by atoms with Crippen LogP contribution >= 0.6 is 0 Å². The summed E-state index contributed by atoms with van der Waals surface area (Å²) in [7, 11) is -5.78. The van der Waals surface area contributed by atoms with E-state index in [1.807, 2.05) is 30.3 Å². The number of likely N-dealkylation sites (tertiary alicyclic amines) is 1. The fraction of sp³-hybridized carbons (Fsp3) is 0.550. The van der Waals surface area contributed by atoms with Crippen LogP contribution in [0.25, 0.3) is 0 Å². The lowest BCUT2D eigenvalue weighted by Crippen LogP contribution is -2.61. The van der Waals surface area contributed by atoms with Crippen molar-refractivity contribution in [1.82, 2.24) is 13.9 Å². The molecule has 32 heavy (non-hydrogen) atoms. The van der Waals surface area contributed by atoms with Crippen LogP contribution in [0.3, 0.4) is 0 Å². The van der Waals surface area contributed by atoms with Gasteiger partial charge in [0.05, 0.1) is 19.1 Å². The van der Waals surface area contributed by atoms with Gasteiger partial charge in [-0.05, 0) is 5.56 Å². The van der Waals surface area contributed by atoms with E-state index in [-0.39, 0.29) is 45.3 Å². The van der Waals surface area contributed by atoms with Gasteiger partial charge in [0.15, 0.2) is 0 Å². The zero-order chi connectivity index (χ0) is 23.8. The number of benzene rings is 1. The van der Waals surface area contributed by atoms with Gasteiger partial charge in [0.2, 0.25) is 20.0 Å². The Kier molecular flexibility index (Phi) is 9.47. The molecule has 1 amide bonds. The summed E-state index contributed by atoms with van der Waals surface area (Å²) >= 11 is 0. The lowest BCUT2D eigenvalue weighted by atomic mass is 9.92. The third kappa shape index (κ3) is 8.40. The Labute approximate surface area is 190 Å². The van der Waals surface area contributed by atoms with E-state index < -0.39 is 32.2 Å². The number of methoxy groups -OCH3 is 1. The van der Waals surface area contributed by atoms with E-state index in [2.05, 4.69) is 16.6 Å². The minimum Gasteiger partial charge on any atom is -0.445 e. The van der Waals surface area contributed by atoms with Crippen molar-refractivity contribution in [3.8, 4) is 11.8 Å². The van der Waals surface area contributed by atoms with E-state index in [1.165, 1.54) is 12.0 Å². The maximum atomic E-state index is 12.4. The summed E-state index contributed by atoms with van der Waals surface area (Å²) in [5, 5.41) is 0. The average Bonchev–Trinajstić information content (AvgIpc) is 2.67. The Hall–Kier alpha value is -2.17. The van der Waals surface area contributed by atoms with Crippen molar-refractivity contribution < 1.29 is 31.1 Å². The van der Waals surface area contributed by atoms with Crippen LogP contribution < -0.4 is 4.72 Å². The minimum absolute atomic E-state index is 0.118. The highest BCUT2D eigenvalue weighted by molar-refractivity contribution is 7.89. The van der Waals surface area contributed by atoms with Crippen LogP contribution in [-0.4, -0.2) is 90.6 Å². The first-order valence-electron chi connectivity index (χ1n) is 9.83. The molecule has 0 aliphatic carbocycles. The van der Waals surface area contributed by atoms with E-state index in [9.17, 15) is 21.6 Å². The molecule has 1 aliphatic heterocycles. The molecule has 178 valence electrons. The fourth-order valence-electron chi connectivity index (χ4n) is 3.19. The number of ether oxygens (including phenoxy) is 2. The third-order valence-corrected chi connectivity index (χ3v) is 6.79. The number of sulfonamides is 2. The van der Waals surface area contributed by atoms with Gasteiger partial charge in [-0.1, -0.05) is 42.2 Å². The van der Waals surface area contributed by atoms with Crippen LogP contribution in [0, 0.1) is 17.8 Å². The summed E-state index contributed by atoms with van der Waals surface area (Å²) in [6, 6.07) is 8.52. The molecule has 1 aliphatic rings. The molecule has 1 fully saturated rings. The van der Waals surface area contributed by atoms with Crippen molar-refractivity contribution in [2.24, 2.45) is 5.92 Å². The summed E-state index contributed by atoms with van der Waals surface area (Å²) in [6.45, 7) is 0.504. The minimum atomic E-state index is -3.70. The Morgan fingerprint density at radius 1 is 1.19 bits per heavy atom. The second-order valence-electron chi connectivity index (χ2n) is 7.49. The smallest absolute Gasteiger partial charge is 0.410 e. The van der Waals surface area contributed by atoms with Crippen LogP contribution in [0.5, 0.6) is 0 Å². The number of hydrogen-bond acceptors (Lipinski definition) is 7. The molecule has 0 aromatic heterocycles. The summed E-state index contributed by atoms with van der Waals surface area (Å²) in [5.41, 5.74) is 0.853. The number of nitrogens with zero attached hydrogens (tertiary/aromatic N) is 2. The lowest BCUT2D eigenvalue weighted by Gasteiger charge is -2.45. The highest BCUT2D eigenvalue weighted by Gasteiger charge is 2.42. The number of carbonyl (C=O) groups is 1. The SMILES string of the molecule is COCC#CCN(C(CNS(C)(=O)=O)C1CN(C(=O)OCc2ccccc2)C1)S(C)(=O)=O. The van der Waals surface area contributed by atoms with Gasteiger partial charge in [-0.25, -0.2) is 26.4 Å². The number of carbonyl (C=O) groups excluding carboxylic acids is 1. The normalized spacial score (nSPS) is 15.6. The van der Waals surface area contributed by atoms with Gasteiger partial charge >= 0.3 is 6.09 Å². The van der Waals surface area contributed by atoms with Gasteiger partial charge in [-0.2, -0.15) is 4.31 Å². The molecule has 0 bridgehead atoms. The van der Waals surface area contributed by atoms with Crippen LogP contribution in [-0.2, 0) is 36.1 Å². The number of amides is 1. The van der Waals surface area contributed by atoms with Crippen molar-refractivity contribution in [3.05, 3.63) is 35.9 Å². The Bertz CT molecular complexity index is 1030. The molecule has 1 heterocycles. The Balaban J connectivity index is 2.06. The molecule has 0 saturated carbocycles. The van der Waals surface area contributed by atoms with Gasteiger partial charge in [0, 0.05) is 38.7 Å².